The van der Waals surface area contributed by atoms with Crippen molar-refractivity contribution < 1.29 is 26.7 Å². The van der Waals surface area contributed by atoms with Crippen molar-refractivity contribution in [2.24, 2.45) is 0 Å². The zero-order valence-electron chi connectivity index (χ0n) is 17.9. The van der Waals surface area contributed by atoms with Crippen LogP contribution >= 0.6 is 11.6 Å². The molecule has 0 aliphatic carbocycles. The van der Waals surface area contributed by atoms with Crippen molar-refractivity contribution in [3.8, 4) is 16.9 Å². The molecule has 3 aromatic rings. The van der Waals surface area contributed by atoms with Crippen molar-refractivity contribution in [1.82, 2.24) is 0 Å². The second-order valence-electron chi connectivity index (χ2n) is 7.30. The van der Waals surface area contributed by atoms with Gasteiger partial charge in [0.25, 0.3) is 0 Å². The number of aryl methyl sites for hydroxylation is 1. The second-order valence-corrected chi connectivity index (χ2v) is 9.98. The fourth-order valence-corrected chi connectivity index (χ4v) is 4.65. The molecule has 0 atom stereocenters. The smallest absolute Gasteiger partial charge is 0.387 e. The van der Waals surface area contributed by atoms with Gasteiger partial charge >= 0.3 is 6.61 Å². The molecule has 33 heavy (non-hydrogen) atoms. The van der Waals surface area contributed by atoms with Crippen molar-refractivity contribution in [3.63, 3.8) is 0 Å². The average Bonchev–Trinajstić information content (AvgIpc) is 2.74. The molecule has 0 unspecified atom stereocenters. The van der Waals surface area contributed by atoms with Crippen LogP contribution in [0, 0.1) is 6.92 Å². The monoisotopic (exact) mass is 493 g/mol. The number of hydrogen-bond acceptors (Lipinski definition) is 4. The van der Waals surface area contributed by atoms with E-state index in [0.717, 1.165) is 0 Å². The summed E-state index contributed by atoms with van der Waals surface area (Å²) in [4.78, 5) is 12.7. The lowest BCUT2D eigenvalue weighted by molar-refractivity contribution is -0.115. The van der Waals surface area contributed by atoms with Gasteiger partial charge in [0.05, 0.1) is 22.1 Å². The van der Waals surface area contributed by atoms with Crippen LogP contribution in [-0.4, -0.2) is 26.7 Å². The van der Waals surface area contributed by atoms with Crippen LogP contribution in [0.15, 0.2) is 65.6 Å². The lowest BCUT2D eigenvalue weighted by atomic mass is 9.99. The van der Waals surface area contributed by atoms with Crippen molar-refractivity contribution in [2.45, 2.75) is 31.8 Å². The van der Waals surface area contributed by atoms with Gasteiger partial charge in [-0.3, -0.25) is 4.79 Å². The normalized spacial score (nSPS) is 11.5. The molecule has 0 aliphatic rings. The van der Waals surface area contributed by atoms with Crippen molar-refractivity contribution >= 4 is 33.0 Å². The number of sulfone groups is 1. The van der Waals surface area contributed by atoms with Crippen molar-refractivity contribution in [2.75, 3.05) is 11.1 Å². The number of carbonyl (C=O) groups is 1. The number of alkyl halides is 2. The molecular weight excluding hydrogens is 472 g/mol. The van der Waals surface area contributed by atoms with E-state index < -0.39 is 16.4 Å². The zero-order valence-corrected chi connectivity index (χ0v) is 19.5. The van der Waals surface area contributed by atoms with Crippen LogP contribution in [0.1, 0.15) is 18.1 Å². The number of hydrogen-bond donors (Lipinski definition) is 1. The van der Waals surface area contributed by atoms with Gasteiger partial charge in [-0.2, -0.15) is 8.78 Å². The highest BCUT2D eigenvalue weighted by molar-refractivity contribution is 7.91. The third kappa shape index (κ3) is 6.09. The molecule has 3 aromatic carbocycles. The van der Waals surface area contributed by atoms with E-state index >= 15 is 0 Å². The van der Waals surface area contributed by atoms with Crippen LogP contribution < -0.4 is 10.1 Å². The van der Waals surface area contributed by atoms with Gasteiger partial charge < -0.3 is 10.1 Å². The molecule has 0 aliphatic heterocycles. The van der Waals surface area contributed by atoms with Crippen LogP contribution in [0.5, 0.6) is 5.75 Å². The SMILES string of the molecule is CCS(=O)(=O)c1ccc(CC(=O)Nc2cc(C)c(-c3ccccc3OC(F)F)c(Cl)c2)cc1. The maximum absolute atomic E-state index is 12.8. The largest absolute Gasteiger partial charge is 0.434 e. The van der Waals surface area contributed by atoms with Gasteiger partial charge in [0.1, 0.15) is 5.75 Å². The first-order valence-corrected chi connectivity index (χ1v) is 12.1. The Labute approximate surface area is 196 Å². The Morgan fingerprint density at radius 1 is 1.09 bits per heavy atom. The summed E-state index contributed by atoms with van der Waals surface area (Å²) in [6.07, 6.45) is 0.0376. The van der Waals surface area contributed by atoms with E-state index in [4.69, 9.17) is 11.6 Å². The van der Waals surface area contributed by atoms with E-state index in [1.807, 2.05) is 0 Å². The molecule has 0 saturated carbocycles. The number of amides is 1. The van der Waals surface area contributed by atoms with Crippen molar-refractivity contribution in [3.05, 3.63) is 76.8 Å². The molecule has 0 radical (unpaired) electrons. The Bertz CT molecular complexity index is 1240. The third-order valence-corrected chi connectivity index (χ3v) is 7.02. The van der Waals surface area contributed by atoms with Gasteiger partial charge in [-0.25, -0.2) is 8.42 Å². The summed E-state index contributed by atoms with van der Waals surface area (Å²) in [6, 6.07) is 15.7. The predicted molar refractivity (Wildman–Crippen MR) is 125 cm³/mol. The summed E-state index contributed by atoms with van der Waals surface area (Å²) in [5.41, 5.74) is 2.71. The molecule has 0 fully saturated rings. The van der Waals surface area contributed by atoms with Crippen LogP contribution in [0.2, 0.25) is 5.02 Å². The summed E-state index contributed by atoms with van der Waals surface area (Å²) in [6.45, 7) is 0.350. The lowest BCUT2D eigenvalue weighted by Crippen LogP contribution is -2.14. The maximum Gasteiger partial charge on any atom is 0.387 e. The Kier molecular flexibility index (Phi) is 7.71. The number of nitrogens with one attached hydrogen (secondary N) is 1. The summed E-state index contributed by atoms with van der Waals surface area (Å²) >= 11 is 6.44. The number of rotatable bonds is 8. The molecule has 9 heteroatoms. The highest BCUT2D eigenvalue weighted by Crippen LogP contribution is 2.39. The van der Waals surface area contributed by atoms with Gasteiger partial charge in [0.15, 0.2) is 9.84 Å². The number of para-hydroxylation sites is 1. The molecular formula is C24H22ClF2NO4S. The average molecular weight is 494 g/mol. The van der Waals surface area contributed by atoms with Gasteiger partial charge in [-0.05, 0) is 48.4 Å². The number of benzene rings is 3. The van der Waals surface area contributed by atoms with Crippen LogP contribution in [0.3, 0.4) is 0 Å². The molecule has 1 N–H and O–H groups in total. The van der Waals surface area contributed by atoms with Crippen molar-refractivity contribution in [1.29, 1.82) is 0 Å². The minimum absolute atomic E-state index is 0.00166. The summed E-state index contributed by atoms with van der Waals surface area (Å²) < 4.78 is 54.0. The lowest BCUT2D eigenvalue weighted by Gasteiger charge is -2.16. The van der Waals surface area contributed by atoms with Gasteiger partial charge in [0, 0.05) is 16.8 Å². The minimum Gasteiger partial charge on any atom is -0.434 e. The number of anilines is 1. The van der Waals surface area contributed by atoms with Gasteiger partial charge in [-0.15, -0.1) is 0 Å². The molecule has 174 valence electrons. The van der Waals surface area contributed by atoms with E-state index in [-0.39, 0.29) is 33.7 Å². The predicted octanol–water partition coefficient (Wildman–Crippen LogP) is 5.89. The van der Waals surface area contributed by atoms with E-state index in [9.17, 15) is 22.0 Å². The Morgan fingerprint density at radius 3 is 2.36 bits per heavy atom. The maximum atomic E-state index is 12.8. The van der Waals surface area contributed by atoms with Crippen LogP contribution in [0.4, 0.5) is 14.5 Å². The standard InChI is InChI=1S/C24H22ClF2NO4S/c1-3-33(30,31)18-10-8-16(9-11-18)13-22(29)28-17-12-15(2)23(20(25)14-17)19-6-4-5-7-21(19)32-24(26)27/h4-12,14,24H,3,13H2,1-2H3,(H,28,29). The molecule has 0 aromatic heterocycles. The number of halogens is 3. The minimum atomic E-state index is -3.30. The topological polar surface area (TPSA) is 72.5 Å². The van der Waals surface area contributed by atoms with E-state index in [1.165, 1.54) is 24.3 Å². The van der Waals surface area contributed by atoms with E-state index in [2.05, 4.69) is 10.1 Å². The molecule has 0 heterocycles. The highest BCUT2D eigenvalue weighted by Gasteiger charge is 2.17. The van der Waals surface area contributed by atoms with Crippen LogP contribution in [0.25, 0.3) is 11.1 Å². The fourth-order valence-electron chi connectivity index (χ4n) is 3.40. The number of carbonyl (C=O) groups excluding carboxylic acids is 1. The summed E-state index contributed by atoms with van der Waals surface area (Å²) in [7, 11) is -3.30. The third-order valence-electron chi connectivity index (χ3n) is 4.97. The molecule has 3 rings (SSSR count). The summed E-state index contributed by atoms with van der Waals surface area (Å²) in [5, 5.41) is 3.03. The Balaban J connectivity index is 1.78. The Hall–Kier alpha value is -2.97. The van der Waals surface area contributed by atoms with E-state index in [0.29, 0.717) is 27.9 Å². The fraction of sp³-hybridized carbons (Fsp3) is 0.208. The molecule has 0 saturated heterocycles. The van der Waals surface area contributed by atoms with Crippen LogP contribution in [-0.2, 0) is 21.1 Å². The zero-order chi connectivity index (χ0) is 24.2. The van der Waals surface area contributed by atoms with Gasteiger partial charge in [-0.1, -0.05) is 48.9 Å². The molecule has 0 spiro atoms. The Morgan fingerprint density at radius 2 is 1.76 bits per heavy atom. The molecule has 0 bridgehead atoms. The first-order chi connectivity index (χ1) is 15.6. The quantitative estimate of drug-likeness (QED) is 0.424. The first-order valence-electron chi connectivity index (χ1n) is 10.1. The van der Waals surface area contributed by atoms with Gasteiger partial charge in [0.2, 0.25) is 5.91 Å². The summed E-state index contributed by atoms with van der Waals surface area (Å²) in [5.74, 6) is -0.310. The highest BCUT2D eigenvalue weighted by atomic mass is 35.5. The number of ether oxygens (including phenoxy) is 1. The first kappa shape index (κ1) is 24.7. The van der Waals surface area contributed by atoms with E-state index in [1.54, 1.807) is 50.2 Å². The second kappa shape index (κ2) is 10.3. The molecule has 5 nitrogen and oxygen atoms in total. The molecule has 1 amide bonds.